The third-order valence-corrected chi connectivity index (χ3v) is 0.908. The van der Waals surface area contributed by atoms with Gasteiger partial charge in [0.15, 0.2) is 0 Å². The van der Waals surface area contributed by atoms with Gasteiger partial charge in [0.05, 0.1) is 0 Å². The predicted molar refractivity (Wildman–Crippen MR) is 36.7 cm³/mol. The second kappa shape index (κ2) is 3.40. The Morgan fingerprint density at radius 1 is 1.45 bits per heavy atom. The summed E-state index contributed by atoms with van der Waals surface area (Å²) >= 11 is 0. The number of nitrogens with one attached hydrogen (secondary N) is 1. The van der Waals surface area contributed by atoms with Gasteiger partial charge < -0.3 is 0 Å². The zero-order valence-electron chi connectivity index (χ0n) is 5.52. The highest BCUT2D eigenvalue weighted by molar-refractivity contribution is 6.29. The molecule has 0 aliphatic carbocycles. The van der Waals surface area contributed by atoms with E-state index in [4.69, 9.17) is 0 Å². The van der Waals surface area contributed by atoms with E-state index in [1.54, 1.807) is 6.07 Å². The van der Waals surface area contributed by atoms with E-state index in [0.717, 1.165) is 0 Å². The third kappa shape index (κ3) is 2.13. The largest absolute Gasteiger partial charge is 0.292 e. The number of hydrogen-bond acceptors (Lipinski definition) is 4. The molecule has 1 aromatic rings. The summed E-state index contributed by atoms with van der Waals surface area (Å²) in [5.41, 5.74) is 0. The van der Waals surface area contributed by atoms with Crippen molar-refractivity contribution < 1.29 is 9.59 Å². The van der Waals surface area contributed by atoms with E-state index in [9.17, 15) is 9.59 Å². The average molecular weight is 151 g/mol. The number of aromatic nitrogens is 2. The summed E-state index contributed by atoms with van der Waals surface area (Å²) in [6.45, 7) is 0. The van der Waals surface area contributed by atoms with Crippen molar-refractivity contribution in [3.8, 4) is 0 Å². The molecule has 0 spiro atoms. The average Bonchev–Trinajstić information content (AvgIpc) is 2.06. The molecule has 0 bridgehead atoms. The van der Waals surface area contributed by atoms with Crippen molar-refractivity contribution >= 4 is 18.1 Å². The molecular formula is C6H5N3O2. The molecule has 11 heavy (non-hydrogen) atoms. The molecule has 5 nitrogen and oxygen atoms in total. The van der Waals surface area contributed by atoms with Crippen LogP contribution < -0.4 is 5.32 Å². The van der Waals surface area contributed by atoms with Crippen LogP contribution in [-0.2, 0) is 9.59 Å². The summed E-state index contributed by atoms with van der Waals surface area (Å²) in [7, 11) is 0. The van der Waals surface area contributed by atoms with E-state index in [0.29, 0.717) is 0 Å². The van der Waals surface area contributed by atoms with Crippen LogP contribution in [-0.4, -0.2) is 22.2 Å². The van der Waals surface area contributed by atoms with Crippen molar-refractivity contribution in [2.45, 2.75) is 0 Å². The number of amides is 1. The zero-order valence-corrected chi connectivity index (χ0v) is 5.52. The molecule has 1 aromatic heterocycles. The summed E-state index contributed by atoms with van der Waals surface area (Å²) in [5, 5.41) is 2.16. The lowest BCUT2D eigenvalue weighted by atomic mass is 10.6. The number of carbonyl (C=O) groups is 2. The minimum atomic E-state index is -0.754. The first kappa shape index (κ1) is 7.33. The first-order chi connectivity index (χ1) is 5.33. The molecule has 1 amide bonds. The highest BCUT2D eigenvalue weighted by Gasteiger charge is 1.98. The SMILES string of the molecule is O=CC(=O)Nc1ncccn1. The highest BCUT2D eigenvalue weighted by Crippen LogP contribution is 1.91. The van der Waals surface area contributed by atoms with Gasteiger partial charge in [0.25, 0.3) is 5.91 Å². The molecule has 0 saturated carbocycles. The molecule has 5 heteroatoms. The number of rotatable bonds is 2. The Morgan fingerprint density at radius 3 is 2.64 bits per heavy atom. The maximum absolute atomic E-state index is 10.4. The lowest BCUT2D eigenvalue weighted by Gasteiger charge is -1.94. The van der Waals surface area contributed by atoms with Crippen LogP contribution in [0.3, 0.4) is 0 Å². The quantitative estimate of drug-likeness (QED) is 0.461. The molecule has 56 valence electrons. The van der Waals surface area contributed by atoms with Crippen LogP contribution in [0.2, 0.25) is 0 Å². The summed E-state index contributed by atoms with van der Waals surface area (Å²) in [4.78, 5) is 27.6. The first-order valence-corrected chi connectivity index (χ1v) is 2.86. The Hall–Kier alpha value is -1.78. The fraction of sp³-hybridized carbons (Fsp3) is 0. The topological polar surface area (TPSA) is 72.0 Å². The monoisotopic (exact) mass is 151 g/mol. The standard InChI is InChI=1S/C6H5N3O2/c10-4-5(11)9-6-7-2-1-3-8-6/h1-4H,(H,7,8,9,11). The van der Waals surface area contributed by atoms with Crippen molar-refractivity contribution in [3.05, 3.63) is 18.5 Å². The van der Waals surface area contributed by atoms with E-state index < -0.39 is 5.91 Å². The summed E-state index contributed by atoms with van der Waals surface area (Å²) < 4.78 is 0. The number of aldehydes is 1. The van der Waals surface area contributed by atoms with Gasteiger partial charge in [-0.1, -0.05) is 0 Å². The molecule has 0 aliphatic rings. The van der Waals surface area contributed by atoms with Gasteiger partial charge in [-0.25, -0.2) is 9.97 Å². The fourth-order valence-corrected chi connectivity index (χ4v) is 0.503. The van der Waals surface area contributed by atoms with Gasteiger partial charge >= 0.3 is 0 Å². The minimum Gasteiger partial charge on any atom is -0.292 e. The van der Waals surface area contributed by atoms with E-state index in [1.807, 2.05) is 0 Å². The van der Waals surface area contributed by atoms with Crippen molar-refractivity contribution in [2.75, 3.05) is 5.32 Å². The van der Waals surface area contributed by atoms with E-state index in [-0.39, 0.29) is 12.2 Å². The van der Waals surface area contributed by atoms with Gasteiger partial charge in [0, 0.05) is 12.4 Å². The number of hydrogen-bond donors (Lipinski definition) is 1. The Morgan fingerprint density at radius 2 is 2.09 bits per heavy atom. The van der Waals surface area contributed by atoms with Gasteiger partial charge in [0.2, 0.25) is 12.2 Å². The molecule has 0 radical (unpaired) electrons. The molecule has 0 fully saturated rings. The Labute approximate surface area is 62.5 Å². The maximum Gasteiger partial charge on any atom is 0.290 e. The Balaban J connectivity index is 2.65. The Bertz CT molecular complexity index is 260. The summed E-state index contributed by atoms with van der Waals surface area (Å²) in [6.07, 6.45) is 3.09. The second-order valence-corrected chi connectivity index (χ2v) is 1.68. The smallest absolute Gasteiger partial charge is 0.290 e. The molecule has 0 atom stereocenters. The van der Waals surface area contributed by atoms with E-state index in [2.05, 4.69) is 15.3 Å². The molecule has 0 saturated heterocycles. The van der Waals surface area contributed by atoms with Gasteiger partial charge in [-0.2, -0.15) is 0 Å². The van der Waals surface area contributed by atoms with Crippen molar-refractivity contribution in [1.29, 1.82) is 0 Å². The van der Waals surface area contributed by atoms with Crippen LogP contribution in [0.15, 0.2) is 18.5 Å². The summed E-state index contributed by atoms with van der Waals surface area (Å²) in [6, 6.07) is 1.61. The minimum absolute atomic E-state index is 0.129. The van der Waals surface area contributed by atoms with Crippen LogP contribution >= 0.6 is 0 Å². The normalized spacial score (nSPS) is 8.73. The van der Waals surface area contributed by atoms with E-state index in [1.165, 1.54) is 12.4 Å². The Kier molecular flexibility index (Phi) is 2.27. The lowest BCUT2D eigenvalue weighted by Crippen LogP contribution is -2.14. The molecule has 1 rings (SSSR count). The molecule has 1 heterocycles. The van der Waals surface area contributed by atoms with Crippen LogP contribution in [0.1, 0.15) is 0 Å². The maximum atomic E-state index is 10.4. The van der Waals surface area contributed by atoms with Crippen molar-refractivity contribution in [2.24, 2.45) is 0 Å². The van der Waals surface area contributed by atoms with Gasteiger partial charge in [-0.15, -0.1) is 0 Å². The van der Waals surface area contributed by atoms with E-state index >= 15 is 0 Å². The molecule has 0 unspecified atom stereocenters. The van der Waals surface area contributed by atoms with Crippen LogP contribution in [0, 0.1) is 0 Å². The van der Waals surface area contributed by atoms with Gasteiger partial charge in [0.1, 0.15) is 0 Å². The third-order valence-electron chi connectivity index (χ3n) is 0.908. The highest BCUT2D eigenvalue weighted by atomic mass is 16.2. The van der Waals surface area contributed by atoms with Crippen molar-refractivity contribution in [3.63, 3.8) is 0 Å². The first-order valence-electron chi connectivity index (χ1n) is 2.86. The van der Waals surface area contributed by atoms with Gasteiger partial charge in [-0.3, -0.25) is 14.9 Å². The van der Waals surface area contributed by atoms with Crippen LogP contribution in [0.25, 0.3) is 0 Å². The fourth-order valence-electron chi connectivity index (χ4n) is 0.503. The molecule has 1 N–H and O–H groups in total. The number of carbonyl (C=O) groups excluding carboxylic acids is 2. The second-order valence-electron chi connectivity index (χ2n) is 1.68. The number of nitrogens with zero attached hydrogens (tertiary/aromatic N) is 2. The van der Waals surface area contributed by atoms with Gasteiger partial charge in [-0.05, 0) is 6.07 Å². The molecule has 0 aliphatic heterocycles. The van der Waals surface area contributed by atoms with Crippen LogP contribution in [0.4, 0.5) is 5.95 Å². The zero-order chi connectivity index (χ0) is 8.10. The number of anilines is 1. The summed E-state index contributed by atoms with van der Waals surface area (Å²) in [5.74, 6) is -0.624. The lowest BCUT2D eigenvalue weighted by molar-refractivity contribution is -0.127. The molecule has 0 aromatic carbocycles. The van der Waals surface area contributed by atoms with Crippen LogP contribution in [0.5, 0.6) is 0 Å². The molecular weight excluding hydrogens is 146 g/mol. The predicted octanol–water partition coefficient (Wildman–Crippen LogP) is -0.386. The van der Waals surface area contributed by atoms with Crippen molar-refractivity contribution in [1.82, 2.24) is 9.97 Å².